The second-order valence-corrected chi connectivity index (χ2v) is 7.36. The minimum absolute atomic E-state index is 0.0528. The minimum atomic E-state index is -0.513. The average molecular weight is 387 g/mol. The number of nitrogens with one attached hydrogen (secondary N) is 2. The fraction of sp³-hybridized carbons (Fsp3) is 0.467. The Labute approximate surface area is 142 Å². The van der Waals surface area contributed by atoms with Gasteiger partial charge in [0.05, 0.1) is 5.56 Å². The van der Waals surface area contributed by atoms with Gasteiger partial charge in [-0.1, -0.05) is 15.9 Å². The highest BCUT2D eigenvalue weighted by Gasteiger charge is 2.41. The molecule has 0 saturated carbocycles. The van der Waals surface area contributed by atoms with Gasteiger partial charge < -0.3 is 15.5 Å². The van der Waals surface area contributed by atoms with Crippen molar-refractivity contribution in [2.45, 2.75) is 30.8 Å². The van der Waals surface area contributed by atoms with Crippen LogP contribution in [0.1, 0.15) is 30.1 Å². The number of piperidine rings is 1. The maximum absolute atomic E-state index is 12.4. The number of hydrogen-bond acceptors (Lipinski definition) is 3. The molecule has 2 aliphatic heterocycles. The van der Waals surface area contributed by atoms with E-state index in [-0.39, 0.29) is 11.8 Å². The quantitative estimate of drug-likeness (QED) is 0.729. The van der Waals surface area contributed by atoms with Gasteiger partial charge in [-0.2, -0.15) is 0 Å². The second kappa shape index (κ2) is 5.74. The van der Waals surface area contributed by atoms with Crippen LogP contribution in [0.2, 0.25) is 0 Å². The molecule has 22 heavy (non-hydrogen) atoms. The summed E-state index contributed by atoms with van der Waals surface area (Å²) in [5.74, 6) is -0.136. The summed E-state index contributed by atoms with van der Waals surface area (Å²) in [5, 5.41) is 5.98. The number of fused-ring (bicyclic) bond motifs is 1. The van der Waals surface area contributed by atoms with Gasteiger partial charge in [-0.05, 0) is 25.1 Å². The number of benzene rings is 1. The second-order valence-electron chi connectivity index (χ2n) is 5.79. The normalized spacial score (nSPS) is 20.9. The predicted octanol–water partition coefficient (Wildman–Crippen LogP) is 2.55. The van der Waals surface area contributed by atoms with Crippen molar-refractivity contribution in [1.29, 1.82) is 0 Å². The molecule has 1 saturated heterocycles. The van der Waals surface area contributed by atoms with Crippen LogP contribution in [-0.4, -0.2) is 40.8 Å². The van der Waals surface area contributed by atoms with E-state index in [4.69, 9.17) is 11.6 Å². The summed E-state index contributed by atoms with van der Waals surface area (Å²) in [6.07, 6.45) is 1.31. The molecule has 0 radical (unpaired) electrons. The Morgan fingerprint density at radius 3 is 2.68 bits per heavy atom. The first-order valence-corrected chi connectivity index (χ1v) is 8.46. The lowest BCUT2D eigenvalue weighted by Crippen LogP contribution is -2.63. The summed E-state index contributed by atoms with van der Waals surface area (Å²) in [7, 11) is 0. The molecule has 2 heterocycles. The third kappa shape index (κ3) is 2.82. The molecular weight excluding hydrogens is 370 g/mol. The standard InChI is InChI=1S/C15H17BrClN3O2/c1-9(17)14(22)20-6-4-15(5-7-20)18-12-3-2-10(16)8-11(12)13(21)19-15/h2-3,8-9,18H,4-7H2,1H3,(H,19,21)/t9-/m0/s1. The molecule has 0 unspecified atom stereocenters. The summed E-state index contributed by atoms with van der Waals surface area (Å²) >= 11 is 9.24. The van der Waals surface area contributed by atoms with Crippen LogP contribution in [0.25, 0.3) is 0 Å². The average Bonchev–Trinajstić information content (AvgIpc) is 2.48. The van der Waals surface area contributed by atoms with E-state index in [9.17, 15) is 9.59 Å². The molecule has 1 aromatic carbocycles. The lowest BCUT2D eigenvalue weighted by Gasteiger charge is -2.46. The zero-order valence-electron chi connectivity index (χ0n) is 12.2. The lowest BCUT2D eigenvalue weighted by molar-refractivity contribution is -0.132. The molecule has 1 fully saturated rings. The number of likely N-dealkylation sites (tertiary alicyclic amines) is 1. The van der Waals surface area contributed by atoms with E-state index < -0.39 is 11.0 Å². The fourth-order valence-electron chi connectivity index (χ4n) is 3.00. The topological polar surface area (TPSA) is 61.4 Å². The first-order chi connectivity index (χ1) is 10.4. The molecule has 1 atom stereocenters. The third-order valence-corrected chi connectivity index (χ3v) is 4.90. The van der Waals surface area contributed by atoms with Gasteiger partial charge in [-0.3, -0.25) is 9.59 Å². The fourth-order valence-corrected chi connectivity index (χ4v) is 3.50. The molecule has 2 N–H and O–H groups in total. The van der Waals surface area contributed by atoms with Crippen LogP contribution in [-0.2, 0) is 4.79 Å². The number of hydrogen-bond donors (Lipinski definition) is 2. The molecular formula is C15H17BrClN3O2. The number of rotatable bonds is 1. The third-order valence-electron chi connectivity index (χ3n) is 4.22. The van der Waals surface area contributed by atoms with Crippen molar-refractivity contribution < 1.29 is 9.59 Å². The van der Waals surface area contributed by atoms with E-state index in [0.29, 0.717) is 31.5 Å². The number of halogens is 2. The SMILES string of the molecule is C[C@H](Cl)C(=O)N1CCC2(CC1)NC(=O)c1cc(Br)ccc1N2. The highest BCUT2D eigenvalue weighted by Crippen LogP contribution is 2.32. The Kier molecular flexibility index (Phi) is 4.07. The Morgan fingerprint density at radius 2 is 2.05 bits per heavy atom. The Bertz CT molecular complexity index is 627. The summed E-state index contributed by atoms with van der Waals surface area (Å²) in [4.78, 5) is 26.1. The summed E-state index contributed by atoms with van der Waals surface area (Å²) < 4.78 is 0.871. The molecule has 2 aliphatic rings. The van der Waals surface area contributed by atoms with Gasteiger partial charge in [0.2, 0.25) is 5.91 Å². The van der Waals surface area contributed by atoms with E-state index in [1.807, 2.05) is 12.1 Å². The predicted molar refractivity (Wildman–Crippen MR) is 89.1 cm³/mol. The van der Waals surface area contributed by atoms with Crippen molar-refractivity contribution in [2.75, 3.05) is 18.4 Å². The zero-order chi connectivity index (χ0) is 15.9. The summed E-state index contributed by atoms with van der Waals surface area (Å²) in [6.45, 7) is 2.84. The van der Waals surface area contributed by atoms with Crippen LogP contribution in [0.5, 0.6) is 0 Å². The van der Waals surface area contributed by atoms with Crippen molar-refractivity contribution in [3.63, 3.8) is 0 Å². The van der Waals surface area contributed by atoms with Crippen molar-refractivity contribution in [1.82, 2.24) is 10.2 Å². The number of nitrogens with zero attached hydrogens (tertiary/aromatic N) is 1. The maximum atomic E-state index is 12.4. The van der Waals surface area contributed by atoms with Crippen LogP contribution >= 0.6 is 27.5 Å². The van der Waals surface area contributed by atoms with Gasteiger partial charge in [-0.15, -0.1) is 11.6 Å². The van der Waals surface area contributed by atoms with Gasteiger partial charge in [0.15, 0.2) is 0 Å². The number of amides is 2. The highest BCUT2D eigenvalue weighted by atomic mass is 79.9. The van der Waals surface area contributed by atoms with Gasteiger partial charge in [0.1, 0.15) is 11.0 Å². The van der Waals surface area contributed by atoms with Crippen LogP contribution in [0.4, 0.5) is 5.69 Å². The largest absolute Gasteiger partial charge is 0.362 e. The molecule has 7 heteroatoms. The first kappa shape index (κ1) is 15.6. The van der Waals surface area contributed by atoms with Crippen molar-refractivity contribution in [3.05, 3.63) is 28.2 Å². The lowest BCUT2D eigenvalue weighted by atomic mass is 9.92. The van der Waals surface area contributed by atoms with Crippen LogP contribution in [0, 0.1) is 0 Å². The zero-order valence-corrected chi connectivity index (χ0v) is 14.5. The molecule has 0 aromatic heterocycles. The molecule has 2 amide bonds. The van der Waals surface area contributed by atoms with Crippen molar-refractivity contribution in [3.8, 4) is 0 Å². The van der Waals surface area contributed by atoms with E-state index in [1.165, 1.54) is 0 Å². The van der Waals surface area contributed by atoms with Gasteiger partial charge >= 0.3 is 0 Å². The molecule has 0 bridgehead atoms. The van der Waals surface area contributed by atoms with Gasteiger partial charge in [0, 0.05) is 36.1 Å². The molecule has 0 aliphatic carbocycles. The Balaban J connectivity index is 1.76. The first-order valence-electron chi connectivity index (χ1n) is 7.23. The number of alkyl halides is 1. The number of carbonyl (C=O) groups is 2. The smallest absolute Gasteiger partial charge is 0.255 e. The van der Waals surface area contributed by atoms with Crippen molar-refractivity contribution >= 4 is 45.0 Å². The molecule has 1 aromatic rings. The summed E-state index contributed by atoms with van der Waals surface area (Å²) in [5.41, 5.74) is 0.981. The van der Waals surface area contributed by atoms with Crippen LogP contribution < -0.4 is 10.6 Å². The number of carbonyl (C=O) groups excluding carboxylic acids is 2. The maximum Gasteiger partial charge on any atom is 0.255 e. The van der Waals surface area contributed by atoms with Crippen molar-refractivity contribution in [2.24, 2.45) is 0 Å². The Hall–Kier alpha value is -1.27. The molecule has 5 nitrogen and oxygen atoms in total. The van der Waals surface area contributed by atoms with E-state index in [2.05, 4.69) is 26.6 Å². The Morgan fingerprint density at radius 1 is 1.36 bits per heavy atom. The molecule has 1 spiro atoms. The van der Waals surface area contributed by atoms with E-state index >= 15 is 0 Å². The number of anilines is 1. The van der Waals surface area contributed by atoms with Gasteiger partial charge in [-0.25, -0.2) is 0 Å². The molecule has 3 rings (SSSR count). The van der Waals surface area contributed by atoms with Crippen LogP contribution in [0.15, 0.2) is 22.7 Å². The summed E-state index contributed by atoms with van der Waals surface area (Å²) in [6, 6.07) is 5.61. The van der Waals surface area contributed by atoms with Gasteiger partial charge in [0.25, 0.3) is 5.91 Å². The molecule has 118 valence electrons. The van der Waals surface area contributed by atoms with Crippen LogP contribution in [0.3, 0.4) is 0 Å². The van der Waals surface area contributed by atoms with E-state index in [0.717, 1.165) is 10.2 Å². The minimum Gasteiger partial charge on any atom is -0.362 e. The highest BCUT2D eigenvalue weighted by molar-refractivity contribution is 9.10. The van der Waals surface area contributed by atoms with E-state index in [1.54, 1.807) is 17.9 Å². The monoisotopic (exact) mass is 385 g/mol.